The molecule has 5 heteroatoms. The van der Waals surface area contributed by atoms with Gasteiger partial charge in [-0.15, -0.1) is 0 Å². The topological polar surface area (TPSA) is 83.8 Å². The average Bonchev–Trinajstić information content (AvgIpc) is 2.57. The van der Waals surface area contributed by atoms with Gasteiger partial charge in [-0.1, -0.05) is 24.3 Å². The van der Waals surface area contributed by atoms with Crippen LogP contribution in [0, 0.1) is 13.8 Å². The van der Waals surface area contributed by atoms with Crippen molar-refractivity contribution in [3.05, 3.63) is 64.7 Å². The lowest BCUT2D eigenvalue weighted by molar-refractivity contribution is -0.142. The molecule has 0 bridgehead atoms. The SMILES string of the molecule is Cc1ccc(/C=C/C(=O)OCC(=O)Cc2ccc(C)c(O)c2)cc1O. The number of phenols is 2. The van der Waals surface area contributed by atoms with Gasteiger partial charge in [-0.2, -0.15) is 0 Å². The molecule has 0 saturated heterocycles. The molecular weight excluding hydrogens is 320 g/mol. The number of esters is 1. The Kier molecular flexibility index (Phi) is 5.95. The quantitative estimate of drug-likeness (QED) is 0.624. The zero-order chi connectivity index (χ0) is 18.4. The van der Waals surface area contributed by atoms with E-state index in [9.17, 15) is 19.8 Å². The van der Waals surface area contributed by atoms with Crippen LogP contribution in [0.5, 0.6) is 11.5 Å². The molecule has 0 aliphatic rings. The lowest BCUT2D eigenvalue weighted by atomic mass is 10.1. The van der Waals surface area contributed by atoms with Crippen LogP contribution in [0.1, 0.15) is 22.3 Å². The Bertz CT molecular complexity index is 821. The van der Waals surface area contributed by atoms with Crippen LogP contribution in [0.15, 0.2) is 42.5 Å². The van der Waals surface area contributed by atoms with Crippen LogP contribution < -0.4 is 0 Å². The number of aromatic hydroxyl groups is 2. The van der Waals surface area contributed by atoms with Gasteiger partial charge in [0.25, 0.3) is 0 Å². The molecule has 2 aromatic carbocycles. The Labute approximate surface area is 146 Å². The van der Waals surface area contributed by atoms with Crippen LogP contribution in [0.2, 0.25) is 0 Å². The van der Waals surface area contributed by atoms with Gasteiger partial charge < -0.3 is 14.9 Å². The van der Waals surface area contributed by atoms with Crippen molar-refractivity contribution in [1.82, 2.24) is 0 Å². The number of benzene rings is 2. The van der Waals surface area contributed by atoms with E-state index in [1.165, 1.54) is 24.3 Å². The third kappa shape index (κ3) is 5.49. The predicted molar refractivity (Wildman–Crippen MR) is 94.4 cm³/mol. The van der Waals surface area contributed by atoms with Crippen molar-refractivity contribution in [2.75, 3.05) is 6.61 Å². The molecule has 2 aromatic rings. The Balaban J connectivity index is 1.84. The summed E-state index contributed by atoms with van der Waals surface area (Å²) in [7, 11) is 0. The zero-order valence-electron chi connectivity index (χ0n) is 14.2. The molecule has 0 saturated carbocycles. The summed E-state index contributed by atoms with van der Waals surface area (Å²) in [5, 5.41) is 19.2. The van der Waals surface area contributed by atoms with Crippen LogP contribution >= 0.6 is 0 Å². The van der Waals surface area contributed by atoms with E-state index < -0.39 is 5.97 Å². The molecule has 130 valence electrons. The molecule has 0 spiro atoms. The van der Waals surface area contributed by atoms with Gasteiger partial charge in [0.2, 0.25) is 0 Å². The van der Waals surface area contributed by atoms with Crippen molar-refractivity contribution >= 4 is 17.8 Å². The summed E-state index contributed by atoms with van der Waals surface area (Å²) in [6, 6.07) is 10.0. The molecule has 0 aromatic heterocycles. The van der Waals surface area contributed by atoms with Crippen LogP contribution in [-0.4, -0.2) is 28.6 Å². The first kappa shape index (κ1) is 18.3. The van der Waals surface area contributed by atoms with Crippen molar-refractivity contribution in [2.24, 2.45) is 0 Å². The molecule has 0 amide bonds. The van der Waals surface area contributed by atoms with E-state index in [1.54, 1.807) is 38.1 Å². The maximum atomic E-state index is 11.9. The van der Waals surface area contributed by atoms with Gasteiger partial charge in [0.15, 0.2) is 12.4 Å². The van der Waals surface area contributed by atoms with Crippen molar-refractivity contribution in [3.63, 3.8) is 0 Å². The van der Waals surface area contributed by atoms with Crippen molar-refractivity contribution in [1.29, 1.82) is 0 Å². The van der Waals surface area contributed by atoms with Crippen LogP contribution in [-0.2, 0) is 20.7 Å². The fourth-order valence-electron chi connectivity index (χ4n) is 2.14. The Hall–Kier alpha value is -3.08. The van der Waals surface area contributed by atoms with Crippen LogP contribution in [0.25, 0.3) is 6.08 Å². The molecule has 0 fully saturated rings. The number of carbonyl (C=O) groups is 2. The summed E-state index contributed by atoms with van der Waals surface area (Å²) in [6.45, 7) is 3.20. The molecule has 0 aliphatic heterocycles. The summed E-state index contributed by atoms with van der Waals surface area (Å²) < 4.78 is 4.91. The van der Waals surface area contributed by atoms with E-state index in [-0.39, 0.29) is 30.3 Å². The molecule has 0 radical (unpaired) electrons. The highest BCUT2D eigenvalue weighted by Gasteiger charge is 2.08. The maximum absolute atomic E-state index is 11.9. The van der Waals surface area contributed by atoms with E-state index >= 15 is 0 Å². The second-order valence-corrected chi connectivity index (χ2v) is 5.82. The molecule has 5 nitrogen and oxygen atoms in total. The maximum Gasteiger partial charge on any atom is 0.331 e. The minimum atomic E-state index is -0.639. The highest BCUT2D eigenvalue weighted by Crippen LogP contribution is 2.19. The number of rotatable bonds is 6. The van der Waals surface area contributed by atoms with Gasteiger partial charge in [0.05, 0.1) is 0 Å². The smallest absolute Gasteiger partial charge is 0.331 e. The van der Waals surface area contributed by atoms with E-state index in [0.717, 1.165) is 11.1 Å². The fraction of sp³-hybridized carbons (Fsp3) is 0.200. The zero-order valence-corrected chi connectivity index (χ0v) is 14.2. The van der Waals surface area contributed by atoms with E-state index in [0.29, 0.717) is 11.1 Å². The van der Waals surface area contributed by atoms with E-state index in [1.807, 2.05) is 0 Å². The lowest BCUT2D eigenvalue weighted by Gasteiger charge is -2.04. The summed E-state index contributed by atoms with van der Waals surface area (Å²) in [4.78, 5) is 23.5. The predicted octanol–water partition coefficient (Wildman–Crippen LogP) is 3.08. The van der Waals surface area contributed by atoms with Gasteiger partial charge in [-0.05, 0) is 54.3 Å². The number of aryl methyl sites for hydroxylation is 2. The summed E-state index contributed by atoms with van der Waals surface area (Å²) in [5.74, 6) is -0.628. The number of ether oxygens (including phenoxy) is 1. The summed E-state index contributed by atoms with van der Waals surface area (Å²) >= 11 is 0. The number of Topliss-reactive ketones (excluding diaryl/α,β-unsaturated/α-hetero) is 1. The number of phenolic OH excluding ortho intramolecular Hbond substituents is 2. The molecule has 2 N–H and O–H groups in total. The molecular formula is C20H20O5. The second kappa shape index (κ2) is 8.15. The first-order valence-corrected chi connectivity index (χ1v) is 7.80. The lowest BCUT2D eigenvalue weighted by Crippen LogP contribution is -2.14. The highest BCUT2D eigenvalue weighted by molar-refractivity contribution is 5.90. The monoisotopic (exact) mass is 340 g/mol. The minimum absolute atomic E-state index is 0.0800. The average molecular weight is 340 g/mol. The minimum Gasteiger partial charge on any atom is -0.508 e. The third-order valence-electron chi connectivity index (χ3n) is 3.70. The highest BCUT2D eigenvalue weighted by atomic mass is 16.5. The van der Waals surface area contributed by atoms with Crippen LogP contribution in [0.4, 0.5) is 0 Å². The Morgan fingerprint density at radius 2 is 1.64 bits per heavy atom. The van der Waals surface area contributed by atoms with E-state index in [4.69, 9.17) is 4.74 Å². The molecule has 0 atom stereocenters. The van der Waals surface area contributed by atoms with Gasteiger partial charge in [-0.25, -0.2) is 4.79 Å². The van der Waals surface area contributed by atoms with Gasteiger partial charge in [0, 0.05) is 12.5 Å². The summed E-state index contributed by atoms with van der Waals surface area (Å²) in [6.07, 6.45) is 2.79. The van der Waals surface area contributed by atoms with Gasteiger partial charge in [0.1, 0.15) is 11.5 Å². The molecule has 0 unspecified atom stereocenters. The standard InChI is InChI=1S/C20H20O5/c1-13-3-5-15(10-18(13)22)7-8-20(24)25-12-17(21)9-16-6-4-14(2)19(23)11-16/h3-8,10-11,22-23H,9,12H2,1-2H3/b8-7+. The van der Waals surface area contributed by atoms with E-state index in [2.05, 4.69) is 0 Å². The molecule has 0 aliphatic carbocycles. The number of hydrogen-bond acceptors (Lipinski definition) is 5. The molecule has 2 rings (SSSR count). The first-order chi connectivity index (χ1) is 11.8. The molecule has 25 heavy (non-hydrogen) atoms. The van der Waals surface area contributed by atoms with Crippen molar-refractivity contribution < 1.29 is 24.5 Å². The number of carbonyl (C=O) groups excluding carboxylic acids is 2. The largest absolute Gasteiger partial charge is 0.508 e. The van der Waals surface area contributed by atoms with Crippen molar-refractivity contribution in [2.45, 2.75) is 20.3 Å². The number of ketones is 1. The summed E-state index contributed by atoms with van der Waals surface area (Å²) in [5.41, 5.74) is 2.79. The van der Waals surface area contributed by atoms with Gasteiger partial charge >= 0.3 is 5.97 Å². The van der Waals surface area contributed by atoms with Crippen molar-refractivity contribution in [3.8, 4) is 11.5 Å². The van der Waals surface area contributed by atoms with Gasteiger partial charge in [-0.3, -0.25) is 4.79 Å². The normalized spacial score (nSPS) is 10.8. The fourth-order valence-corrected chi connectivity index (χ4v) is 2.14. The second-order valence-electron chi connectivity index (χ2n) is 5.82. The number of hydrogen-bond donors (Lipinski definition) is 2. The van der Waals surface area contributed by atoms with Crippen LogP contribution in [0.3, 0.4) is 0 Å². The first-order valence-electron chi connectivity index (χ1n) is 7.80. The Morgan fingerprint density at radius 3 is 2.28 bits per heavy atom. The Morgan fingerprint density at radius 1 is 1.00 bits per heavy atom. The third-order valence-corrected chi connectivity index (χ3v) is 3.70. The molecule has 0 heterocycles.